The lowest BCUT2D eigenvalue weighted by Crippen LogP contribution is -2.28. The average molecular weight is 138 g/mol. The summed E-state index contributed by atoms with van der Waals surface area (Å²) in [7, 11) is 0. The third kappa shape index (κ3) is 2.36. The molecule has 2 heteroatoms. The normalized spacial score (nSPS) is 20.0. The van der Waals surface area contributed by atoms with Gasteiger partial charge in [-0.2, -0.15) is 5.26 Å². The first-order chi connectivity index (χ1) is 4.77. The Hall–Kier alpha value is -0.550. The van der Waals surface area contributed by atoms with Gasteiger partial charge in [0.05, 0.1) is 6.07 Å². The van der Waals surface area contributed by atoms with Crippen molar-refractivity contribution in [3.8, 4) is 6.07 Å². The SMILES string of the molecule is CC1(NCCCC#N)CC1. The van der Waals surface area contributed by atoms with E-state index in [2.05, 4.69) is 18.3 Å². The van der Waals surface area contributed by atoms with Crippen LogP contribution < -0.4 is 5.32 Å². The molecule has 1 aliphatic rings. The lowest BCUT2D eigenvalue weighted by Gasteiger charge is -2.08. The number of hydrogen-bond donors (Lipinski definition) is 1. The Labute approximate surface area is 62.2 Å². The summed E-state index contributed by atoms with van der Waals surface area (Å²) in [5.74, 6) is 0. The second-order valence-corrected chi connectivity index (χ2v) is 3.25. The van der Waals surface area contributed by atoms with Gasteiger partial charge in [-0.1, -0.05) is 0 Å². The molecule has 0 unspecified atom stereocenters. The van der Waals surface area contributed by atoms with Crippen LogP contribution in [-0.2, 0) is 0 Å². The van der Waals surface area contributed by atoms with Crippen LogP contribution in [0.2, 0.25) is 0 Å². The Morgan fingerprint density at radius 2 is 2.30 bits per heavy atom. The van der Waals surface area contributed by atoms with Crippen LogP contribution in [0.15, 0.2) is 0 Å². The second kappa shape index (κ2) is 3.03. The molecule has 1 N–H and O–H groups in total. The molecule has 1 fully saturated rings. The zero-order valence-corrected chi connectivity index (χ0v) is 6.48. The molecule has 0 atom stereocenters. The zero-order chi connectivity index (χ0) is 7.45. The van der Waals surface area contributed by atoms with Gasteiger partial charge in [0.2, 0.25) is 0 Å². The smallest absolute Gasteiger partial charge is 0.0622 e. The minimum Gasteiger partial charge on any atom is -0.311 e. The molecule has 0 saturated heterocycles. The Morgan fingerprint density at radius 1 is 1.60 bits per heavy atom. The molecule has 0 aliphatic heterocycles. The summed E-state index contributed by atoms with van der Waals surface area (Å²) in [5, 5.41) is 11.7. The second-order valence-electron chi connectivity index (χ2n) is 3.25. The van der Waals surface area contributed by atoms with E-state index >= 15 is 0 Å². The molecule has 0 aromatic carbocycles. The first kappa shape index (κ1) is 7.56. The van der Waals surface area contributed by atoms with Gasteiger partial charge < -0.3 is 5.32 Å². The van der Waals surface area contributed by atoms with Gasteiger partial charge in [-0.05, 0) is 32.7 Å². The molecule has 1 saturated carbocycles. The van der Waals surface area contributed by atoms with E-state index in [4.69, 9.17) is 5.26 Å². The highest BCUT2D eigenvalue weighted by Gasteiger charge is 2.35. The van der Waals surface area contributed by atoms with Gasteiger partial charge in [0.1, 0.15) is 0 Å². The van der Waals surface area contributed by atoms with Crippen LogP contribution in [-0.4, -0.2) is 12.1 Å². The molecule has 2 nitrogen and oxygen atoms in total. The highest BCUT2D eigenvalue weighted by molar-refractivity contribution is 4.97. The minimum atomic E-state index is 0.440. The molecule has 1 aliphatic carbocycles. The van der Waals surface area contributed by atoms with E-state index in [1.54, 1.807) is 0 Å². The van der Waals surface area contributed by atoms with Gasteiger partial charge in [-0.15, -0.1) is 0 Å². The Bertz CT molecular complexity index is 142. The average Bonchev–Trinajstić information content (AvgIpc) is 2.62. The molecule has 0 heterocycles. The fourth-order valence-corrected chi connectivity index (χ4v) is 0.922. The van der Waals surface area contributed by atoms with Crippen molar-refractivity contribution in [1.82, 2.24) is 5.32 Å². The van der Waals surface area contributed by atoms with E-state index in [0.29, 0.717) is 12.0 Å². The highest BCUT2D eigenvalue weighted by atomic mass is 15.0. The van der Waals surface area contributed by atoms with Crippen molar-refractivity contribution in [2.24, 2.45) is 0 Å². The number of nitriles is 1. The summed E-state index contributed by atoms with van der Waals surface area (Å²) in [6.45, 7) is 3.24. The van der Waals surface area contributed by atoms with Crippen LogP contribution in [0.5, 0.6) is 0 Å². The summed E-state index contributed by atoms with van der Waals surface area (Å²) in [5.41, 5.74) is 0.440. The first-order valence-electron chi connectivity index (χ1n) is 3.89. The minimum absolute atomic E-state index is 0.440. The fourth-order valence-electron chi connectivity index (χ4n) is 0.922. The van der Waals surface area contributed by atoms with Gasteiger partial charge in [0, 0.05) is 12.0 Å². The van der Waals surface area contributed by atoms with Crippen LogP contribution in [0.3, 0.4) is 0 Å². The summed E-state index contributed by atoms with van der Waals surface area (Å²) in [4.78, 5) is 0. The molecule has 0 radical (unpaired) electrons. The van der Waals surface area contributed by atoms with Crippen LogP contribution in [0.4, 0.5) is 0 Å². The van der Waals surface area contributed by atoms with Crippen molar-refractivity contribution in [2.45, 2.75) is 38.1 Å². The molecular formula is C8H14N2. The van der Waals surface area contributed by atoms with E-state index in [9.17, 15) is 0 Å². The fraction of sp³-hybridized carbons (Fsp3) is 0.875. The molecule has 56 valence electrons. The third-order valence-electron chi connectivity index (χ3n) is 2.02. The summed E-state index contributed by atoms with van der Waals surface area (Å²) in [6, 6.07) is 2.13. The number of hydrogen-bond acceptors (Lipinski definition) is 2. The van der Waals surface area contributed by atoms with E-state index in [0.717, 1.165) is 13.0 Å². The summed E-state index contributed by atoms with van der Waals surface area (Å²) < 4.78 is 0. The van der Waals surface area contributed by atoms with E-state index < -0.39 is 0 Å². The van der Waals surface area contributed by atoms with E-state index in [-0.39, 0.29) is 0 Å². The van der Waals surface area contributed by atoms with Crippen LogP contribution in [0, 0.1) is 11.3 Å². The number of rotatable bonds is 4. The van der Waals surface area contributed by atoms with Crippen LogP contribution >= 0.6 is 0 Å². The number of nitrogens with zero attached hydrogens (tertiary/aromatic N) is 1. The van der Waals surface area contributed by atoms with Gasteiger partial charge in [0.15, 0.2) is 0 Å². The molecule has 0 spiro atoms. The molecule has 0 bridgehead atoms. The zero-order valence-electron chi connectivity index (χ0n) is 6.48. The van der Waals surface area contributed by atoms with Crippen molar-refractivity contribution in [2.75, 3.05) is 6.54 Å². The lowest BCUT2D eigenvalue weighted by molar-refractivity contribution is 0.529. The topological polar surface area (TPSA) is 35.8 Å². The van der Waals surface area contributed by atoms with Crippen molar-refractivity contribution in [3.63, 3.8) is 0 Å². The monoisotopic (exact) mass is 138 g/mol. The third-order valence-corrected chi connectivity index (χ3v) is 2.02. The van der Waals surface area contributed by atoms with Gasteiger partial charge in [-0.3, -0.25) is 0 Å². The molecule has 1 rings (SSSR count). The predicted molar refractivity (Wildman–Crippen MR) is 40.5 cm³/mol. The van der Waals surface area contributed by atoms with E-state index in [1.165, 1.54) is 12.8 Å². The standard InChI is InChI=1S/C8H14N2/c1-8(4-5-8)10-7-3-2-6-9/h10H,2-5,7H2,1H3. The molecule has 0 aromatic rings. The number of unbranched alkanes of at least 4 members (excludes halogenated alkanes) is 1. The maximum absolute atomic E-state index is 8.23. The van der Waals surface area contributed by atoms with Crippen molar-refractivity contribution in [3.05, 3.63) is 0 Å². The molecular weight excluding hydrogens is 124 g/mol. The number of nitrogens with one attached hydrogen (secondary N) is 1. The van der Waals surface area contributed by atoms with Crippen LogP contribution in [0.25, 0.3) is 0 Å². The Balaban J connectivity index is 1.92. The molecule has 10 heavy (non-hydrogen) atoms. The molecule has 0 amide bonds. The summed E-state index contributed by atoms with van der Waals surface area (Å²) in [6.07, 6.45) is 4.29. The quantitative estimate of drug-likeness (QED) is 0.596. The van der Waals surface area contributed by atoms with Crippen LogP contribution in [0.1, 0.15) is 32.6 Å². The Kier molecular flexibility index (Phi) is 2.29. The van der Waals surface area contributed by atoms with Crippen molar-refractivity contribution < 1.29 is 0 Å². The first-order valence-corrected chi connectivity index (χ1v) is 3.89. The largest absolute Gasteiger partial charge is 0.311 e. The maximum atomic E-state index is 8.23. The predicted octanol–water partition coefficient (Wildman–Crippen LogP) is 1.43. The lowest BCUT2D eigenvalue weighted by atomic mass is 10.3. The van der Waals surface area contributed by atoms with Crippen molar-refractivity contribution >= 4 is 0 Å². The van der Waals surface area contributed by atoms with Gasteiger partial charge >= 0.3 is 0 Å². The summed E-state index contributed by atoms with van der Waals surface area (Å²) >= 11 is 0. The molecule has 0 aromatic heterocycles. The van der Waals surface area contributed by atoms with Gasteiger partial charge in [-0.25, -0.2) is 0 Å². The van der Waals surface area contributed by atoms with E-state index in [1.807, 2.05) is 0 Å². The van der Waals surface area contributed by atoms with Gasteiger partial charge in [0.25, 0.3) is 0 Å². The highest BCUT2D eigenvalue weighted by Crippen LogP contribution is 2.33. The Morgan fingerprint density at radius 3 is 2.80 bits per heavy atom. The maximum Gasteiger partial charge on any atom is 0.0622 e. The van der Waals surface area contributed by atoms with Crippen molar-refractivity contribution in [1.29, 1.82) is 5.26 Å².